The first-order valence-corrected chi connectivity index (χ1v) is 3.34. The van der Waals surface area contributed by atoms with Gasteiger partial charge in [0.15, 0.2) is 0 Å². The van der Waals surface area contributed by atoms with Crippen LogP contribution in [0.2, 0.25) is 5.72 Å². The van der Waals surface area contributed by atoms with Crippen LogP contribution in [-0.4, -0.2) is 15.7 Å². The van der Waals surface area contributed by atoms with Crippen molar-refractivity contribution >= 4 is 15.7 Å². The van der Waals surface area contributed by atoms with Gasteiger partial charge in [-0.2, -0.15) is 0 Å². The zero-order valence-corrected chi connectivity index (χ0v) is 5.83. The van der Waals surface area contributed by atoms with Gasteiger partial charge in [0, 0.05) is 0 Å². The molecule has 0 unspecified atom stereocenters. The Kier molecular flexibility index (Phi) is 2.61. The lowest BCUT2D eigenvalue weighted by Gasteiger charge is -2.03. The van der Waals surface area contributed by atoms with Gasteiger partial charge in [0.2, 0.25) is 0 Å². The summed E-state index contributed by atoms with van der Waals surface area (Å²) in [4.78, 5) is 0. The molecule has 0 N–H and O–H groups in total. The maximum atomic E-state index is 5.40. The van der Waals surface area contributed by atoms with E-state index in [4.69, 9.17) is 15.7 Å². The van der Waals surface area contributed by atoms with E-state index in [0.717, 1.165) is 6.42 Å². The van der Waals surface area contributed by atoms with E-state index in [9.17, 15) is 0 Å². The molecule has 0 spiro atoms. The van der Waals surface area contributed by atoms with Crippen LogP contribution in [-0.2, 0) is 6.42 Å². The highest BCUT2D eigenvalue weighted by Gasteiger charge is 1.93. The lowest BCUT2D eigenvalue weighted by Crippen LogP contribution is -1.95. The number of hydrogen-bond acceptors (Lipinski definition) is 0. The molecular formula is C8H8B2. The van der Waals surface area contributed by atoms with Gasteiger partial charge in [-0.25, -0.2) is 0 Å². The van der Waals surface area contributed by atoms with E-state index in [1.165, 1.54) is 5.56 Å². The third-order valence-corrected chi connectivity index (χ3v) is 1.31. The summed E-state index contributed by atoms with van der Waals surface area (Å²) in [5.41, 5.74) is 0.958. The molecule has 2 heteroatoms. The van der Waals surface area contributed by atoms with Crippen molar-refractivity contribution in [3.05, 3.63) is 35.9 Å². The van der Waals surface area contributed by atoms with Crippen molar-refractivity contribution in [3.63, 3.8) is 0 Å². The topological polar surface area (TPSA) is 0 Å². The van der Waals surface area contributed by atoms with Crippen LogP contribution >= 0.6 is 0 Å². The highest BCUT2D eigenvalue weighted by molar-refractivity contribution is 6.35. The minimum Gasteiger partial charge on any atom is -0.106 e. The summed E-state index contributed by atoms with van der Waals surface area (Å²) >= 11 is 0. The van der Waals surface area contributed by atoms with E-state index in [0.29, 0.717) is 0 Å². The van der Waals surface area contributed by atoms with Gasteiger partial charge in [-0.1, -0.05) is 30.3 Å². The Morgan fingerprint density at radius 3 is 2.20 bits per heavy atom. The molecule has 0 atom stereocenters. The summed E-state index contributed by atoms with van der Waals surface area (Å²) in [6, 6.07) is 9.99. The second-order valence-corrected chi connectivity index (χ2v) is 2.35. The van der Waals surface area contributed by atoms with Crippen LogP contribution in [0.1, 0.15) is 5.56 Å². The van der Waals surface area contributed by atoms with E-state index in [-0.39, 0.29) is 5.72 Å². The summed E-state index contributed by atoms with van der Waals surface area (Å²) in [6.45, 7) is 0. The van der Waals surface area contributed by atoms with Gasteiger partial charge in [0.25, 0.3) is 0 Å². The quantitative estimate of drug-likeness (QED) is 0.524. The predicted molar refractivity (Wildman–Crippen MR) is 45.4 cm³/mol. The highest BCUT2D eigenvalue weighted by atomic mass is 13.9. The maximum absolute atomic E-state index is 5.40. The fraction of sp³-hybridized carbons (Fsp3) is 0.250. The Labute approximate surface area is 64.5 Å². The Morgan fingerprint density at radius 1 is 1.10 bits per heavy atom. The van der Waals surface area contributed by atoms with Crippen LogP contribution in [0.15, 0.2) is 30.3 Å². The Hall–Kier alpha value is -0.650. The molecule has 0 aliphatic heterocycles. The zero-order chi connectivity index (χ0) is 7.40. The Morgan fingerprint density at radius 2 is 1.70 bits per heavy atom. The molecule has 0 saturated heterocycles. The van der Waals surface area contributed by atoms with Crippen LogP contribution in [0.4, 0.5) is 0 Å². The third-order valence-electron chi connectivity index (χ3n) is 1.31. The van der Waals surface area contributed by atoms with Crippen LogP contribution in [0, 0.1) is 0 Å². The van der Waals surface area contributed by atoms with Gasteiger partial charge in [-0.3, -0.25) is 0 Å². The van der Waals surface area contributed by atoms with E-state index < -0.39 is 0 Å². The van der Waals surface area contributed by atoms with Crippen LogP contribution < -0.4 is 0 Å². The largest absolute Gasteiger partial charge is 0.106 e. The highest BCUT2D eigenvalue weighted by Crippen LogP contribution is 2.05. The van der Waals surface area contributed by atoms with Gasteiger partial charge in [0.05, 0.1) is 15.7 Å². The molecule has 0 nitrogen and oxygen atoms in total. The first-order chi connectivity index (χ1) is 4.79. The van der Waals surface area contributed by atoms with Crippen molar-refractivity contribution in [2.45, 2.75) is 12.1 Å². The second-order valence-electron chi connectivity index (χ2n) is 2.35. The molecule has 4 radical (unpaired) electrons. The van der Waals surface area contributed by atoms with E-state index in [1.54, 1.807) is 0 Å². The average Bonchev–Trinajstić information content (AvgIpc) is 1.88. The van der Waals surface area contributed by atoms with E-state index in [2.05, 4.69) is 0 Å². The van der Waals surface area contributed by atoms with E-state index >= 15 is 0 Å². The molecule has 1 aromatic rings. The first kappa shape index (κ1) is 7.46. The van der Waals surface area contributed by atoms with Crippen LogP contribution in [0.3, 0.4) is 0 Å². The molecule has 46 valence electrons. The van der Waals surface area contributed by atoms with Crippen molar-refractivity contribution in [1.82, 2.24) is 0 Å². The summed E-state index contributed by atoms with van der Waals surface area (Å²) in [6.07, 6.45) is 0.751. The smallest absolute Gasteiger partial charge is 0.0579 e. The Bertz CT molecular complexity index is 182. The van der Waals surface area contributed by atoms with E-state index in [1.807, 2.05) is 30.3 Å². The molecular weight excluding hydrogens is 118 g/mol. The number of rotatable bonds is 2. The van der Waals surface area contributed by atoms with Gasteiger partial charge < -0.3 is 0 Å². The molecule has 0 saturated carbocycles. The van der Waals surface area contributed by atoms with Crippen molar-refractivity contribution in [2.24, 2.45) is 0 Å². The monoisotopic (exact) mass is 126 g/mol. The predicted octanol–water partition coefficient (Wildman–Crippen LogP) is 1.31. The first-order valence-electron chi connectivity index (χ1n) is 3.34. The molecule has 0 amide bonds. The minimum atomic E-state index is -0.234. The molecule has 1 rings (SSSR count). The SMILES string of the molecule is [B]C([B])Cc1ccccc1. The van der Waals surface area contributed by atoms with Crippen LogP contribution in [0.25, 0.3) is 0 Å². The van der Waals surface area contributed by atoms with Gasteiger partial charge in [0.1, 0.15) is 0 Å². The molecule has 1 aromatic carbocycles. The molecule has 10 heavy (non-hydrogen) atoms. The third kappa shape index (κ3) is 2.30. The summed E-state index contributed by atoms with van der Waals surface area (Å²) in [5, 5.41) is 0. The fourth-order valence-electron chi connectivity index (χ4n) is 0.886. The van der Waals surface area contributed by atoms with Gasteiger partial charge in [-0.05, 0) is 12.0 Å². The molecule has 0 aliphatic rings. The summed E-state index contributed by atoms with van der Waals surface area (Å²) in [7, 11) is 10.8. The van der Waals surface area contributed by atoms with Crippen LogP contribution in [0.5, 0.6) is 0 Å². The molecule has 0 aliphatic carbocycles. The number of hydrogen-bond donors (Lipinski definition) is 0. The lowest BCUT2D eigenvalue weighted by atomic mass is 9.68. The molecule has 0 bridgehead atoms. The standard InChI is InChI=1S/C8H8B2/c9-8(10)6-7-4-2-1-3-5-7/h1-5,8H,6H2. The van der Waals surface area contributed by atoms with Crippen molar-refractivity contribution < 1.29 is 0 Å². The van der Waals surface area contributed by atoms with Gasteiger partial charge >= 0.3 is 0 Å². The Balaban J connectivity index is 2.59. The molecule has 0 fully saturated rings. The zero-order valence-electron chi connectivity index (χ0n) is 5.83. The normalized spacial score (nSPS) is 10.1. The molecule has 0 aromatic heterocycles. The summed E-state index contributed by atoms with van der Waals surface area (Å²) < 4.78 is 0. The van der Waals surface area contributed by atoms with Crippen molar-refractivity contribution in [1.29, 1.82) is 0 Å². The summed E-state index contributed by atoms with van der Waals surface area (Å²) in [5.74, 6) is 0. The van der Waals surface area contributed by atoms with Gasteiger partial charge in [-0.15, -0.1) is 5.72 Å². The molecule has 0 heterocycles. The maximum Gasteiger partial charge on any atom is 0.0579 e. The second kappa shape index (κ2) is 3.50. The fourth-order valence-corrected chi connectivity index (χ4v) is 0.886. The van der Waals surface area contributed by atoms with Crippen molar-refractivity contribution in [2.75, 3.05) is 0 Å². The lowest BCUT2D eigenvalue weighted by molar-refractivity contribution is 1.07. The number of benzene rings is 1. The van der Waals surface area contributed by atoms with Crippen molar-refractivity contribution in [3.8, 4) is 0 Å². The average molecular weight is 126 g/mol. The minimum absolute atomic E-state index is 0.234.